The lowest BCUT2D eigenvalue weighted by Gasteiger charge is -2.61. The Labute approximate surface area is 169 Å². The Hall–Kier alpha value is -0.630. The molecule has 2 heteroatoms. The van der Waals surface area contributed by atoms with Crippen molar-refractivity contribution in [1.29, 1.82) is 0 Å². The topological polar surface area (TPSA) is 26.3 Å². The lowest BCUT2D eigenvalue weighted by Crippen LogP contribution is -2.58. The molecular formula is C26H36O2. The predicted octanol–water partition coefficient (Wildman–Crippen LogP) is 5.56. The monoisotopic (exact) mass is 380 g/mol. The molecule has 1 heterocycles. The number of ether oxygens (including phenoxy) is 1. The molecule has 6 aliphatic carbocycles. The normalized spacial score (nSPS) is 56.7. The maximum atomic E-state index is 12.2. The summed E-state index contributed by atoms with van der Waals surface area (Å²) in [7, 11) is 0. The van der Waals surface area contributed by atoms with Gasteiger partial charge in [0.25, 0.3) is 0 Å². The number of carbonyl (C=O) groups excluding carboxylic acids is 1. The van der Waals surface area contributed by atoms with Gasteiger partial charge in [-0.3, -0.25) is 4.79 Å². The number of allylic oxidation sites excluding steroid dienone is 1. The Morgan fingerprint density at radius 3 is 2.75 bits per heavy atom. The first-order valence-corrected chi connectivity index (χ1v) is 12.6. The van der Waals surface area contributed by atoms with Gasteiger partial charge in [0.05, 0.1) is 5.60 Å². The van der Waals surface area contributed by atoms with E-state index in [4.69, 9.17) is 4.74 Å². The summed E-state index contributed by atoms with van der Waals surface area (Å²) in [6.07, 6.45) is 16.6. The summed E-state index contributed by atoms with van der Waals surface area (Å²) in [6, 6.07) is 0. The molecule has 28 heavy (non-hydrogen) atoms. The van der Waals surface area contributed by atoms with Crippen molar-refractivity contribution in [2.45, 2.75) is 83.2 Å². The maximum absolute atomic E-state index is 12.2. The molecule has 8 unspecified atom stereocenters. The summed E-state index contributed by atoms with van der Waals surface area (Å²) in [5, 5.41) is 0. The van der Waals surface area contributed by atoms with E-state index in [1.807, 2.05) is 0 Å². The average Bonchev–Trinajstić information content (AvgIpc) is 3.64. The smallest absolute Gasteiger partial charge is 0.155 e. The molecule has 0 aromatic carbocycles. The highest BCUT2D eigenvalue weighted by Gasteiger charge is 2.78. The van der Waals surface area contributed by atoms with Gasteiger partial charge in [-0.2, -0.15) is 0 Å². The van der Waals surface area contributed by atoms with Gasteiger partial charge >= 0.3 is 0 Å². The maximum Gasteiger partial charge on any atom is 0.155 e. The van der Waals surface area contributed by atoms with Crippen LogP contribution in [-0.4, -0.2) is 18.0 Å². The van der Waals surface area contributed by atoms with Crippen LogP contribution in [0.3, 0.4) is 0 Å². The van der Waals surface area contributed by atoms with Crippen molar-refractivity contribution >= 4 is 5.78 Å². The Bertz CT molecular complexity index is 742. The van der Waals surface area contributed by atoms with Crippen LogP contribution >= 0.6 is 0 Å². The van der Waals surface area contributed by atoms with Gasteiger partial charge in [0, 0.05) is 18.4 Å². The summed E-state index contributed by atoms with van der Waals surface area (Å²) >= 11 is 0. The lowest BCUT2D eigenvalue weighted by atomic mass is 9.45. The molecule has 2 nitrogen and oxygen atoms in total. The molecule has 7 rings (SSSR count). The van der Waals surface area contributed by atoms with Crippen molar-refractivity contribution in [3.8, 4) is 0 Å². The van der Waals surface area contributed by atoms with Crippen LogP contribution in [-0.2, 0) is 9.53 Å². The van der Waals surface area contributed by atoms with Crippen LogP contribution in [0.5, 0.6) is 0 Å². The van der Waals surface area contributed by atoms with Crippen molar-refractivity contribution in [3.05, 3.63) is 11.6 Å². The third kappa shape index (κ3) is 1.93. The van der Waals surface area contributed by atoms with E-state index in [0.29, 0.717) is 11.2 Å². The second kappa shape index (κ2) is 5.54. The molecule has 152 valence electrons. The standard InChI is InChI=1S/C26H36O2/c1-2-25-10-8-19-18-7-6-17(27)12-16(18)13-20(15-4-5-15)23(19)24(25)21-14-22(21)26(25)9-3-11-28-26/h12,15,18-24H,2-11,13-14H2,1H3/t18?,19?,20?,21?,22?,23?,24?,25?,26-/m0/s1. The van der Waals surface area contributed by atoms with Crippen molar-refractivity contribution < 1.29 is 9.53 Å². The molecule has 0 radical (unpaired) electrons. The molecule has 6 fully saturated rings. The van der Waals surface area contributed by atoms with E-state index in [1.54, 1.807) is 5.57 Å². The number of fused-ring (bicyclic) bond motifs is 9. The largest absolute Gasteiger partial charge is 0.374 e. The first-order valence-electron chi connectivity index (χ1n) is 12.6. The Morgan fingerprint density at radius 2 is 2.00 bits per heavy atom. The molecule has 0 bridgehead atoms. The SMILES string of the molecule is CCC12CCC3C4CCC(=O)C=C4CC(C4CC4)C3C1C1CC1[C@@]21CCCO1. The minimum absolute atomic E-state index is 0.259. The zero-order valence-electron chi connectivity index (χ0n) is 17.5. The molecule has 7 aliphatic rings. The van der Waals surface area contributed by atoms with E-state index < -0.39 is 0 Å². The molecule has 0 N–H and O–H groups in total. The Morgan fingerprint density at radius 1 is 1.11 bits per heavy atom. The third-order valence-corrected chi connectivity index (χ3v) is 11.1. The number of carbonyl (C=O) groups is 1. The van der Waals surface area contributed by atoms with Crippen molar-refractivity contribution in [2.75, 3.05) is 6.61 Å². The fourth-order valence-corrected chi connectivity index (χ4v) is 10.2. The minimum atomic E-state index is 0.259. The minimum Gasteiger partial charge on any atom is -0.374 e. The molecule has 1 aliphatic heterocycles. The zero-order chi connectivity index (χ0) is 18.7. The third-order valence-electron chi connectivity index (χ3n) is 11.1. The van der Waals surface area contributed by atoms with E-state index in [9.17, 15) is 4.79 Å². The Kier molecular flexibility index (Phi) is 3.38. The summed E-state index contributed by atoms with van der Waals surface area (Å²) in [6.45, 7) is 3.52. The van der Waals surface area contributed by atoms with Gasteiger partial charge in [0.15, 0.2) is 5.78 Å². The first kappa shape index (κ1) is 17.1. The number of rotatable bonds is 2. The average molecular weight is 381 g/mol. The van der Waals surface area contributed by atoms with E-state index in [-0.39, 0.29) is 5.60 Å². The number of hydrogen-bond acceptors (Lipinski definition) is 2. The molecule has 9 atom stereocenters. The fraction of sp³-hybridized carbons (Fsp3) is 0.885. The second-order valence-corrected chi connectivity index (χ2v) is 11.7. The van der Waals surface area contributed by atoms with Crippen LogP contribution in [0, 0.1) is 52.8 Å². The molecule has 1 saturated heterocycles. The highest BCUT2D eigenvalue weighted by molar-refractivity contribution is 5.91. The van der Waals surface area contributed by atoms with E-state index in [0.717, 1.165) is 66.8 Å². The van der Waals surface area contributed by atoms with Gasteiger partial charge in [0.2, 0.25) is 0 Å². The van der Waals surface area contributed by atoms with Gasteiger partial charge in [-0.25, -0.2) is 0 Å². The first-order chi connectivity index (χ1) is 13.7. The van der Waals surface area contributed by atoms with Crippen LogP contribution in [0.4, 0.5) is 0 Å². The summed E-state index contributed by atoms with van der Waals surface area (Å²) in [4.78, 5) is 12.2. The second-order valence-electron chi connectivity index (χ2n) is 11.7. The van der Waals surface area contributed by atoms with Crippen LogP contribution in [0.15, 0.2) is 11.6 Å². The zero-order valence-corrected chi connectivity index (χ0v) is 17.5. The lowest BCUT2D eigenvalue weighted by molar-refractivity contribution is -0.168. The molecule has 1 spiro atoms. The van der Waals surface area contributed by atoms with Gasteiger partial charge in [-0.05, 0) is 118 Å². The summed E-state index contributed by atoms with van der Waals surface area (Å²) in [5.74, 6) is 7.63. The van der Waals surface area contributed by atoms with Gasteiger partial charge < -0.3 is 4.74 Å². The van der Waals surface area contributed by atoms with Crippen molar-refractivity contribution in [3.63, 3.8) is 0 Å². The molecule has 0 aromatic rings. The summed E-state index contributed by atoms with van der Waals surface area (Å²) < 4.78 is 6.77. The number of ketones is 1. The molecule has 5 saturated carbocycles. The molecular weight excluding hydrogens is 344 g/mol. The van der Waals surface area contributed by atoms with E-state index in [2.05, 4.69) is 13.0 Å². The highest BCUT2D eigenvalue weighted by Crippen LogP contribution is 2.80. The van der Waals surface area contributed by atoms with Crippen LogP contribution in [0.25, 0.3) is 0 Å². The van der Waals surface area contributed by atoms with Gasteiger partial charge in [-0.15, -0.1) is 0 Å². The quantitative estimate of drug-likeness (QED) is 0.627. The number of hydrogen-bond donors (Lipinski definition) is 0. The predicted molar refractivity (Wildman–Crippen MR) is 109 cm³/mol. The van der Waals surface area contributed by atoms with Crippen molar-refractivity contribution in [1.82, 2.24) is 0 Å². The Balaban J connectivity index is 1.33. The van der Waals surface area contributed by atoms with E-state index in [1.165, 1.54) is 57.8 Å². The highest BCUT2D eigenvalue weighted by atomic mass is 16.5. The van der Waals surface area contributed by atoms with E-state index >= 15 is 0 Å². The summed E-state index contributed by atoms with van der Waals surface area (Å²) in [5.41, 5.74) is 2.32. The molecule has 0 amide bonds. The van der Waals surface area contributed by atoms with Crippen LogP contribution in [0.1, 0.15) is 77.6 Å². The fourth-order valence-electron chi connectivity index (χ4n) is 10.2. The van der Waals surface area contributed by atoms with Crippen LogP contribution < -0.4 is 0 Å². The van der Waals surface area contributed by atoms with Crippen LogP contribution in [0.2, 0.25) is 0 Å². The van der Waals surface area contributed by atoms with Gasteiger partial charge in [0.1, 0.15) is 0 Å². The molecule has 0 aromatic heterocycles. The van der Waals surface area contributed by atoms with Gasteiger partial charge in [-0.1, -0.05) is 12.5 Å². The van der Waals surface area contributed by atoms with Crippen molar-refractivity contribution in [2.24, 2.45) is 52.8 Å².